The number of Topliss-reactive ketones (excluding diaryl/α,β-unsaturated/α-hetero) is 1. The number of ketones is 1. The normalized spacial score (nSPS) is 17.3. The van der Waals surface area contributed by atoms with Gasteiger partial charge in [0.25, 0.3) is 0 Å². The summed E-state index contributed by atoms with van der Waals surface area (Å²) in [6, 6.07) is 3.60. The number of amides is 1. The fourth-order valence-electron chi connectivity index (χ4n) is 2.35. The fraction of sp³-hybridized carbons (Fsp3) is 0.571. The van der Waals surface area contributed by atoms with Crippen molar-refractivity contribution in [3.05, 3.63) is 22.4 Å². The lowest BCUT2D eigenvalue weighted by atomic mass is 10.0. The van der Waals surface area contributed by atoms with Crippen molar-refractivity contribution in [1.82, 2.24) is 5.32 Å². The second kappa shape index (κ2) is 6.30. The summed E-state index contributed by atoms with van der Waals surface area (Å²) in [7, 11) is 0. The van der Waals surface area contributed by atoms with E-state index in [1.165, 1.54) is 11.3 Å². The molecule has 0 atom stereocenters. The van der Waals surface area contributed by atoms with Gasteiger partial charge in [0.15, 0.2) is 5.78 Å². The third kappa shape index (κ3) is 4.14. The predicted octanol–water partition coefficient (Wildman–Crippen LogP) is 2.13. The minimum absolute atomic E-state index is 0.00438. The number of nitrogens with one attached hydrogen (secondary N) is 1. The molecule has 1 fully saturated rings. The minimum atomic E-state index is -0.729. The fourth-order valence-corrected chi connectivity index (χ4v) is 3.04. The van der Waals surface area contributed by atoms with Gasteiger partial charge in [-0.1, -0.05) is 18.9 Å². The minimum Gasteiger partial charge on any atom is -0.388 e. The van der Waals surface area contributed by atoms with Crippen LogP contribution in [-0.4, -0.2) is 28.9 Å². The number of hydrogen-bond donors (Lipinski definition) is 2. The second-order valence-corrected chi connectivity index (χ2v) is 6.06. The topological polar surface area (TPSA) is 66.4 Å². The summed E-state index contributed by atoms with van der Waals surface area (Å²) in [5.74, 6) is -0.157. The molecule has 1 heterocycles. The average Bonchev–Trinajstić information content (AvgIpc) is 3.05. The van der Waals surface area contributed by atoms with Gasteiger partial charge in [-0.2, -0.15) is 0 Å². The lowest BCUT2D eigenvalue weighted by molar-refractivity contribution is -0.122. The van der Waals surface area contributed by atoms with E-state index in [1.54, 1.807) is 6.07 Å². The third-order valence-corrected chi connectivity index (χ3v) is 4.43. The SMILES string of the molecule is O=C(CCC(=O)c1cccs1)NCC1(O)CCCC1. The Balaban J connectivity index is 1.68. The van der Waals surface area contributed by atoms with Crippen LogP contribution in [0.25, 0.3) is 0 Å². The lowest BCUT2D eigenvalue weighted by Gasteiger charge is -2.22. The summed E-state index contributed by atoms with van der Waals surface area (Å²) >= 11 is 1.39. The van der Waals surface area contributed by atoms with Crippen LogP contribution in [0.15, 0.2) is 17.5 Å². The number of rotatable bonds is 6. The zero-order valence-corrected chi connectivity index (χ0v) is 11.7. The van der Waals surface area contributed by atoms with Gasteiger partial charge >= 0.3 is 0 Å². The standard InChI is InChI=1S/C14H19NO3S/c16-11(12-4-3-9-19-12)5-6-13(17)15-10-14(18)7-1-2-8-14/h3-4,9,18H,1-2,5-8,10H2,(H,15,17). The van der Waals surface area contributed by atoms with Gasteiger partial charge in [0.05, 0.1) is 10.5 Å². The Labute approximate surface area is 116 Å². The smallest absolute Gasteiger partial charge is 0.220 e. The van der Waals surface area contributed by atoms with E-state index in [9.17, 15) is 14.7 Å². The molecule has 0 spiro atoms. The van der Waals surface area contributed by atoms with E-state index >= 15 is 0 Å². The third-order valence-electron chi connectivity index (χ3n) is 3.52. The molecule has 0 unspecified atom stereocenters. The van der Waals surface area contributed by atoms with Crippen LogP contribution in [0.4, 0.5) is 0 Å². The van der Waals surface area contributed by atoms with Crippen LogP contribution >= 0.6 is 11.3 Å². The Morgan fingerprint density at radius 1 is 1.32 bits per heavy atom. The quantitative estimate of drug-likeness (QED) is 0.785. The Hall–Kier alpha value is -1.20. The Morgan fingerprint density at radius 3 is 2.68 bits per heavy atom. The first kappa shape index (κ1) is 14.2. The highest BCUT2D eigenvalue weighted by Gasteiger charge is 2.31. The molecule has 0 radical (unpaired) electrons. The van der Waals surface area contributed by atoms with E-state index in [0.717, 1.165) is 25.7 Å². The summed E-state index contributed by atoms with van der Waals surface area (Å²) in [4.78, 5) is 24.1. The number of hydrogen-bond acceptors (Lipinski definition) is 4. The molecule has 2 rings (SSSR count). The maximum atomic E-state index is 11.7. The molecule has 1 aliphatic rings. The first-order valence-electron chi connectivity index (χ1n) is 6.65. The second-order valence-electron chi connectivity index (χ2n) is 5.11. The molecule has 1 saturated carbocycles. The number of carbonyl (C=O) groups is 2. The van der Waals surface area contributed by atoms with Crippen LogP contribution in [0.1, 0.15) is 48.2 Å². The lowest BCUT2D eigenvalue weighted by Crippen LogP contribution is -2.40. The van der Waals surface area contributed by atoms with Gasteiger partial charge in [-0.3, -0.25) is 9.59 Å². The van der Waals surface area contributed by atoms with Crippen molar-refractivity contribution in [3.63, 3.8) is 0 Å². The highest BCUT2D eigenvalue weighted by molar-refractivity contribution is 7.12. The molecule has 0 aromatic carbocycles. The van der Waals surface area contributed by atoms with E-state index in [0.29, 0.717) is 11.4 Å². The van der Waals surface area contributed by atoms with E-state index in [2.05, 4.69) is 5.32 Å². The van der Waals surface area contributed by atoms with E-state index in [-0.39, 0.29) is 24.5 Å². The summed E-state index contributed by atoms with van der Waals surface area (Å²) in [5, 5.41) is 14.7. The molecule has 2 N–H and O–H groups in total. The highest BCUT2D eigenvalue weighted by atomic mass is 32.1. The van der Waals surface area contributed by atoms with Crippen LogP contribution in [0.5, 0.6) is 0 Å². The summed E-state index contributed by atoms with van der Waals surface area (Å²) in [6.45, 7) is 0.305. The van der Waals surface area contributed by atoms with Crippen LogP contribution in [-0.2, 0) is 4.79 Å². The first-order chi connectivity index (χ1) is 9.09. The zero-order chi connectivity index (χ0) is 13.7. The van der Waals surface area contributed by atoms with Crippen LogP contribution in [0.3, 0.4) is 0 Å². The van der Waals surface area contributed by atoms with E-state index in [4.69, 9.17) is 0 Å². The average molecular weight is 281 g/mol. The van der Waals surface area contributed by atoms with Crippen molar-refractivity contribution in [2.24, 2.45) is 0 Å². The van der Waals surface area contributed by atoms with Crippen molar-refractivity contribution in [1.29, 1.82) is 0 Å². The van der Waals surface area contributed by atoms with Crippen LogP contribution < -0.4 is 5.32 Å². The molecule has 1 aliphatic carbocycles. The molecule has 104 valence electrons. The molecule has 5 heteroatoms. The van der Waals surface area contributed by atoms with Gasteiger partial charge in [-0.25, -0.2) is 0 Å². The summed E-state index contributed by atoms with van der Waals surface area (Å²) < 4.78 is 0. The Morgan fingerprint density at radius 2 is 2.05 bits per heavy atom. The van der Waals surface area contributed by atoms with Gasteiger partial charge in [0.2, 0.25) is 5.91 Å². The Kier molecular flexibility index (Phi) is 4.71. The van der Waals surface area contributed by atoms with Gasteiger partial charge in [0, 0.05) is 19.4 Å². The molecule has 1 aromatic rings. The largest absolute Gasteiger partial charge is 0.388 e. The number of aliphatic hydroxyl groups is 1. The molecule has 1 aromatic heterocycles. The van der Waals surface area contributed by atoms with E-state index < -0.39 is 5.60 Å². The van der Waals surface area contributed by atoms with Crippen molar-refractivity contribution >= 4 is 23.0 Å². The summed E-state index contributed by atoms with van der Waals surface area (Å²) in [6.07, 6.45) is 3.95. The number of thiophene rings is 1. The van der Waals surface area contributed by atoms with Gasteiger partial charge in [-0.05, 0) is 24.3 Å². The predicted molar refractivity (Wildman–Crippen MR) is 74.3 cm³/mol. The molecule has 0 bridgehead atoms. The van der Waals surface area contributed by atoms with Gasteiger partial charge in [0.1, 0.15) is 0 Å². The van der Waals surface area contributed by atoms with Crippen molar-refractivity contribution < 1.29 is 14.7 Å². The molecule has 1 amide bonds. The maximum absolute atomic E-state index is 11.7. The zero-order valence-electron chi connectivity index (χ0n) is 10.9. The molecule has 4 nitrogen and oxygen atoms in total. The maximum Gasteiger partial charge on any atom is 0.220 e. The van der Waals surface area contributed by atoms with Crippen molar-refractivity contribution in [2.45, 2.75) is 44.1 Å². The molecular formula is C14H19NO3S. The molecular weight excluding hydrogens is 262 g/mol. The Bertz CT molecular complexity index is 436. The van der Waals surface area contributed by atoms with Gasteiger partial charge in [-0.15, -0.1) is 11.3 Å². The van der Waals surface area contributed by atoms with Crippen LogP contribution in [0, 0.1) is 0 Å². The highest BCUT2D eigenvalue weighted by Crippen LogP contribution is 2.28. The molecule has 19 heavy (non-hydrogen) atoms. The van der Waals surface area contributed by atoms with Gasteiger partial charge < -0.3 is 10.4 Å². The number of carbonyl (C=O) groups excluding carboxylic acids is 2. The molecule has 0 saturated heterocycles. The van der Waals surface area contributed by atoms with Crippen molar-refractivity contribution in [3.8, 4) is 0 Å². The van der Waals surface area contributed by atoms with Crippen molar-refractivity contribution in [2.75, 3.05) is 6.54 Å². The monoisotopic (exact) mass is 281 g/mol. The van der Waals surface area contributed by atoms with Crippen LogP contribution in [0.2, 0.25) is 0 Å². The van der Waals surface area contributed by atoms with E-state index in [1.807, 2.05) is 11.4 Å². The first-order valence-corrected chi connectivity index (χ1v) is 7.53. The molecule has 0 aliphatic heterocycles. The summed E-state index contributed by atoms with van der Waals surface area (Å²) in [5.41, 5.74) is -0.729.